The Morgan fingerprint density at radius 2 is 1.80 bits per heavy atom. The lowest BCUT2D eigenvalue weighted by Gasteiger charge is -2.45. The second-order valence-electron chi connectivity index (χ2n) is 8.41. The zero-order valence-corrected chi connectivity index (χ0v) is 17.0. The molecule has 0 saturated carbocycles. The first kappa shape index (κ1) is 20.6. The lowest BCUT2D eigenvalue weighted by molar-refractivity contribution is -0.117. The number of aliphatic hydroxyl groups excluding tert-OH is 2. The Balaban J connectivity index is 1.50. The Morgan fingerprint density at radius 3 is 2.43 bits per heavy atom. The lowest BCUT2D eigenvalue weighted by Crippen LogP contribution is -2.56. The predicted molar refractivity (Wildman–Crippen MR) is 114 cm³/mol. The summed E-state index contributed by atoms with van der Waals surface area (Å²) in [7, 11) is 0. The van der Waals surface area contributed by atoms with Gasteiger partial charge in [0.25, 0.3) is 5.91 Å². The second kappa shape index (κ2) is 8.58. The molecule has 2 aliphatic rings. The van der Waals surface area contributed by atoms with Crippen molar-refractivity contribution in [1.29, 1.82) is 0 Å². The third-order valence-corrected chi connectivity index (χ3v) is 6.39. The Kier molecular flexibility index (Phi) is 5.88. The van der Waals surface area contributed by atoms with Crippen molar-refractivity contribution in [3.63, 3.8) is 0 Å². The molecule has 0 spiro atoms. The first-order chi connectivity index (χ1) is 14.5. The van der Waals surface area contributed by atoms with Crippen molar-refractivity contribution in [1.82, 2.24) is 4.90 Å². The summed E-state index contributed by atoms with van der Waals surface area (Å²) in [6.07, 6.45) is 1.70. The molecule has 0 aromatic heterocycles. The summed E-state index contributed by atoms with van der Waals surface area (Å²) in [5.41, 5.74) is 1.61. The molecule has 158 valence electrons. The van der Waals surface area contributed by atoms with E-state index in [-0.39, 0.29) is 18.4 Å². The second-order valence-corrected chi connectivity index (χ2v) is 8.41. The fourth-order valence-electron chi connectivity index (χ4n) is 4.60. The molecule has 2 heterocycles. The summed E-state index contributed by atoms with van der Waals surface area (Å²) >= 11 is 0. The van der Waals surface area contributed by atoms with Gasteiger partial charge in [-0.3, -0.25) is 9.59 Å². The van der Waals surface area contributed by atoms with Crippen LogP contribution in [-0.4, -0.2) is 59.3 Å². The summed E-state index contributed by atoms with van der Waals surface area (Å²) < 4.78 is 0. The maximum absolute atomic E-state index is 13.1. The van der Waals surface area contributed by atoms with E-state index in [0.29, 0.717) is 44.5 Å². The summed E-state index contributed by atoms with van der Waals surface area (Å²) in [5, 5.41) is 20.9. The fraction of sp³-hybridized carbons (Fsp3) is 0.417. The summed E-state index contributed by atoms with van der Waals surface area (Å²) in [6, 6.07) is 16.9. The van der Waals surface area contributed by atoms with Gasteiger partial charge in [0, 0.05) is 42.7 Å². The number of carbonyl (C=O) groups excluding carboxylic acids is 2. The molecule has 2 aromatic carbocycles. The minimum absolute atomic E-state index is 0.118. The number of piperidine rings is 1. The van der Waals surface area contributed by atoms with E-state index < -0.39 is 11.5 Å². The number of carbonyl (C=O) groups is 2. The van der Waals surface area contributed by atoms with Gasteiger partial charge in [0.05, 0.1) is 12.7 Å². The first-order valence-electron chi connectivity index (χ1n) is 10.5. The predicted octanol–water partition coefficient (Wildman–Crippen LogP) is 2.24. The molecule has 30 heavy (non-hydrogen) atoms. The van der Waals surface area contributed by atoms with E-state index in [9.17, 15) is 19.8 Å². The van der Waals surface area contributed by atoms with Gasteiger partial charge in [0.1, 0.15) is 0 Å². The average Bonchev–Trinajstić information content (AvgIpc) is 3.21. The number of aliphatic hydroxyl groups is 2. The Hall–Kier alpha value is -2.70. The van der Waals surface area contributed by atoms with Crippen LogP contribution in [0.5, 0.6) is 0 Å². The number of hydrogen-bond acceptors (Lipinski definition) is 4. The van der Waals surface area contributed by atoms with Crippen LogP contribution in [0, 0.1) is 5.41 Å². The van der Waals surface area contributed by atoms with Crippen molar-refractivity contribution in [2.24, 2.45) is 5.41 Å². The molecule has 0 bridgehead atoms. The minimum Gasteiger partial charge on any atom is -0.396 e. The van der Waals surface area contributed by atoms with E-state index in [1.165, 1.54) is 0 Å². The van der Waals surface area contributed by atoms with Gasteiger partial charge in [0.2, 0.25) is 5.91 Å². The number of rotatable bonds is 5. The Labute approximate surface area is 176 Å². The van der Waals surface area contributed by atoms with Crippen LogP contribution >= 0.6 is 0 Å². The molecule has 2 aliphatic heterocycles. The minimum atomic E-state index is -0.781. The zero-order chi connectivity index (χ0) is 21.1. The highest BCUT2D eigenvalue weighted by Crippen LogP contribution is 2.34. The maximum Gasteiger partial charge on any atom is 0.253 e. The van der Waals surface area contributed by atoms with Crippen molar-refractivity contribution in [3.05, 3.63) is 65.7 Å². The molecule has 0 unspecified atom stereocenters. The van der Waals surface area contributed by atoms with Crippen LogP contribution in [0.4, 0.5) is 5.69 Å². The molecule has 2 saturated heterocycles. The zero-order valence-electron chi connectivity index (χ0n) is 17.0. The number of amides is 2. The first-order valence-corrected chi connectivity index (χ1v) is 10.5. The highest BCUT2D eigenvalue weighted by Gasteiger charge is 2.43. The van der Waals surface area contributed by atoms with E-state index in [4.69, 9.17) is 0 Å². The van der Waals surface area contributed by atoms with Gasteiger partial charge in [-0.1, -0.05) is 30.3 Å². The SMILES string of the molecule is O=C(c1ccc(N2CCCC2=O)cc1)N1CC[C@@H](O)[C@@](CO)(Cc2ccccc2)C1. The molecular formula is C24H28N2O4. The average molecular weight is 408 g/mol. The fourth-order valence-corrected chi connectivity index (χ4v) is 4.60. The van der Waals surface area contributed by atoms with Crippen molar-refractivity contribution >= 4 is 17.5 Å². The van der Waals surface area contributed by atoms with Gasteiger partial charge in [-0.15, -0.1) is 0 Å². The number of likely N-dealkylation sites (tertiary alicyclic amines) is 1. The molecule has 0 aliphatic carbocycles. The van der Waals surface area contributed by atoms with Crippen LogP contribution in [0.3, 0.4) is 0 Å². The van der Waals surface area contributed by atoms with Gasteiger partial charge < -0.3 is 20.0 Å². The number of hydrogen-bond donors (Lipinski definition) is 2. The van der Waals surface area contributed by atoms with Crippen LogP contribution in [0.25, 0.3) is 0 Å². The van der Waals surface area contributed by atoms with Crippen LogP contribution < -0.4 is 4.90 Å². The molecule has 0 radical (unpaired) electrons. The molecule has 2 fully saturated rings. The van der Waals surface area contributed by atoms with E-state index in [1.54, 1.807) is 21.9 Å². The maximum atomic E-state index is 13.1. The summed E-state index contributed by atoms with van der Waals surface area (Å²) in [6.45, 7) is 1.27. The summed E-state index contributed by atoms with van der Waals surface area (Å²) in [5.74, 6) is -0.000166. The van der Waals surface area contributed by atoms with Crippen LogP contribution in [0.2, 0.25) is 0 Å². The third kappa shape index (κ3) is 3.98. The van der Waals surface area contributed by atoms with Gasteiger partial charge in [-0.05, 0) is 49.1 Å². The third-order valence-electron chi connectivity index (χ3n) is 6.39. The molecule has 4 rings (SSSR count). The van der Waals surface area contributed by atoms with Crippen molar-refractivity contribution in [2.45, 2.75) is 31.8 Å². The van der Waals surface area contributed by atoms with Crippen LogP contribution in [-0.2, 0) is 11.2 Å². The standard InChI is InChI=1S/C24H28N2O4/c27-17-24(15-18-5-2-1-3-6-18)16-25(14-12-21(24)28)23(30)19-8-10-20(11-9-19)26-13-4-7-22(26)29/h1-3,5-6,8-11,21,27-28H,4,7,12-17H2/t21-,24+/m1/s1. The number of anilines is 1. The van der Waals surface area contributed by atoms with E-state index in [1.807, 2.05) is 42.5 Å². The molecule has 6 nitrogen and oxygen atoms in total. The smallest absolute Gasteiger partial charge is 0.253 e. The molecular weight excluding hydrogens is 380 g/mol. The Morgan fingerprint density at radius 1 is 1.07 bits per heavy atom. The van der Waals surface area contributed by atoms with Gasteiger partial charge in [0.15, 0.2) is 0 Å². The lowest BCUT2D eigenvalue weighted by atomic mass is 9.73. The quantitative estimate of drug-likeness (QED) is 0.795. The van der Waals surface area contributed by atoms with Crippen LogP contribution in [0.15, 0.2) is 54.6 Å². The highest BCUT2D eigenvalue weighted by molar-refractivity contribution is 5.97. The van der Waals surface area contributed by atoms with E-state index >= 15 is 0 Å². The molecule has 2 aromatic rings. The number of benzene rings is 2. The molecule has 2 atom stereocenters. The normalized spacial score (nSPS) is 24.3. The highest BCUT2D eigenvalue weighted by atomic mass is 16.3. The molecule has 2 amide bonds. The molecule has 6 heteroatoms. The molecule has 2 N–H and O–H groups in total. The van der Waals surface area contributed by atoms with Crippen molar-refractivity contribution in [2.75, 3.05) is 31.1 Å². The van der Waals surface area contributed by atoms with Crippen molar-refractivity contribution in [3.8, 4) is 0 Å². The van der Waals surface area contributed by atoms with Gasteiger partial charge in [-0.2, -0.15) is 0 Å². The van der Waals surface area contributed by atoms with E-state index in [0.717, 1.165) is 17.7 Å². The van der Waals surface area contributed by atoms with Gasteiger partial charge in [-0.25, -0.2) is 0 Å². The van der Waals surface area contributed by atoms with Gasteiger partial charge >= 0.3 is 0 Å². The topological polar surface area (TPSA) is 81.1 Å². The van der Waals surface area contributed by atoms with Crippen molar-refractivity contribution < 1.29 is 19.8 Å². The monoisotopic (exact) mass is 408 g/mol. The van der Waals surface area contributed by atoms with Crippen LogP contribution in [0.1, 0.15) is 35.2 Å². The largest absolute Gasteiger partial charge is 0.396 e. The summed E-state index contributed by atoms with van der Waals surface area (Å²) in [4.78, 5) is 28.5. The number of nitrogens with zero attached hydrogens (tertiary/aromatic N) is 2. The van der Waals surface area contributed by atoms with E-state index in [2.05, 4.69) is 0 Å². The Bertz CT molecular complexity index is 899.